The number of nitrogens with one attached hydrogen (secondary N) is 1. The van der Waals surface area contributed by atoms with Crippen molar-refractivity contribution in [2.24, 2.45) is 0 Å². The van der Waals surface area contributed by atoms with Crippen LogP contribution in [0, 0.1) is 0 Å². The summed E-state index contributed by atoms with van der Waals surface area (Å²) < 4.78 is 40.5. The topological polar surface area (TPSA) is 44.3 Å². The highest BCUT2D eigenvalue weighted by Crippen LogP contribution is 2.29. The van der Waals surface area contributed by atoms with Crippen molar-refractivity contribution in [3.63, 3.8) is 0 Å². The lowest BCUT2D eigenvalue weighted by molar-refractivity contribution is -0.144. The number of anilines is 1. The number of rotatable bonds is 4. The molecule has 1 aromatic heterocycles. The predicted octanol–water partition coefficient (Wildman–Crippen LogP) is 0.898. The fraction of sp³-hybridized carbons (Fsp3) is 0.800. The molecule has 0 aliphatic carbocycles. The lowest BCUT2D eigenvalue weighted by atomic mass is 10.3. The van der Waals surface area contributed by atoms with Gasteiger partial charge in [0, 0.05) is 57.8 Å². The standard InChI is InChI=1S/C10H16F3N5S/c1-17(6-7-18-4-2-14-3-5-18)9-15-8(16-19-9)10(11,12)13/h14H,2-7H2,1H3. The highest BCUT2D eigenvalue weighted by Gasteiger charge is 2.36. The molecule has 19 heavy (non-hydrogen) atoms. The molecule has 0 radical (unpaired) electrons. The molecule has 0 atom stereocenters. The number of hydrogen-bond donors (Lipinski definition) is 1. The van der Waals surface area contributed by atoms with Crippen LogP contribution in [0.1, 0.15) is 5.82 Å². The Morgan fingerprint density at radius 1 is 1.37 bits per heavy atom. The number of hydrogen-bond acceptors (Lipinski definition) is 6. The van der Waals surface area contributed by atoms with Crippen molar-refractivity contribution in [2.75, 3.05) is 51.2 Å². The molecule has 0 aromatic carbocycles. The summed E-state index contributed by atoms with van der Waals surface area (Å²) in [6.07, 6.45) is -4.46. The molecule has 1 aliphatic heterocycles. The number of halogens is 3. The van der Waals surface area contributed by atoms with Gasteiger partial charge in [0.2, 0.25) is 11.0 Å². The third-order valence-corrected chi connectivity index (χ3v) is 3.79. The van der Waals surface area contributed by atoms with Crippen LogP contribution in [0.25, 0.3) is 0 Å². The first-order valence-corrected chi connectivity index (χ1v) is 6.79. The molecule has 0 amide bonds. The van der Waals surface area contributed by atoms with Crippen molar-refractivity contribution in [2.45, 2.75) is 6.18 Å². The van der Waals surface area contributed by atoms with Gasteiger partial charge in [0.1, 0.15) is 0 Å². The van der Waals surface area contributed by atoms with E-state index in [0.29, 0.717) is 11.7 Å². The summed E-state index contributed by atoms with van der Waals surface area (Å²) in [5.74, 6) is -1.05. The molecule has 1 fully saturated rings. The fourth-order valence-corrected chi connectivity index (χ4v) is 2.48. The Balaban J connectivity index is 1.85. The van der Waals surface area contributed by atoms with Crippen LogP contribution >= 0.6 is 11.5 Å². The van der Waals surface area contributed by atoms with Crippen LogP contribution in [0.2, 0.25) is 0 Å². The van der Waals surface area contributed by atoms with Crippen LogP contribution in [0.4, 0.5) is 18.3 Å². The Morgan fingerprint density at radius 2 is 2.05 bits per heavy atom. The van der Waals surface area contributed by atoms with Gasteiger partial charge in [-0.15, -0.1) is 0 Å². The molecule has 1 aromatic rings. The van der Waals surface area contributed by atoms with Gasteiger partial charge in [-0.25, -0.2) is 0 Å². The number of nitrogens with zero attached hydrogens (tertiary/aromatic N) is 4. The van der Waals surface area contributed by atoms with Crippen molar-refractivity contribution in [1.82, 2.24) is 19.6 Å². The Labute approximate surface area is 113 Å². The summed E-state index contributed by atoms with van der Waals surface area (Å²) in [6.45, 7) is 5.32. The molecular formula is C10H16F3N5S. The van der Waals surface area contributed by atoms with E-state index in [0.717, 1.165) is 44.3 Å². The van der Waals surface area contributed by atoms with Gasteiger partial charge in [-0.05, 0) is 0 Å². The molecule has 0 saturated carbocycles. The molecule has 1 aliphatic rings. The zero-order valence-corrected chi connectivity index (χ0v) is 11.4. The minimum absolute atomic E-state index is 0.308. The van der Waals surface area contributed by atoms with Crippen molar-refractivity contribution in [1.29, 1.82) is 0 Å². The van der Waals surface area contributed by atoms with Crippen molar-refractivity contribution < 1.29 is 13.2 Å². The van der Waals surface area contributed by atoms with E-state index in [9.17, 15) is 13.2 Å². The van der Waals surface area contributed by atoms with E-state index in [2.05, 4.69) is 19.6 Å². The molecule has 0 spiro atoms. The Bertz CT molecular complexity index is 402. The molecule has 2 rings (SSSR count). The number of piperazine rings is 1. The monoisotopic (exact) mass is 295 g/mol. The van der Waals surface area contributed by atoms with Gasteiger partial charge in [0.05, 0.1) is 0 Å². The average molecular weight is 295 g/mol. The predicted molar refractivity (Wildman–Crippen MR) is 67.5 cm³/mol. The van der Waals surface area contributed by atoms with Crippen LogP contribution in [-0.4, -0.2) is 60.6 Å². The van der Waals surface area contributed by atoms with Gasteiger partial charge in [0.15, 0.2) is 0 Å². The highest BCUT2D eigenvalue weighted by atomic mass is 32.1. The number of aromatic nitrogens is 2. The SMILES string of the molecule is CN(CCN1CCNCC1)c1nc(C(F)(F)F)ns1. The largest absolute Gasteiger partial charge is 0.452 e. The summed E-state index contributed by atoms with van der Waals surface area (Å²) in [4.78, 5) is 7.52. The summed E-state index contributed by atoms with van der Waals surface area (Å²) >= 11 is 0.785. The van der Waals surface area contributed by atoms with E-state index >= 15 is 0 Å². The second-order valence-electron chi connectivity index (χ2n) is 4.41. The average Bonchev–Trinajstić information content (AvgIpc) is 2.87. The second-order valence-corrected chi connectivity index (χ2v) is 5.14. The Hall–Kier alpha value is -0.930. The molecule has 108 valence electrons. The maximum absolute atomic E-state index is 12.4. The third-order valence-electron chi connectivity index (χ3n) is 2.96. The Morgan fingerprint density at radius 3 is 2.63 bits per heavy atom. The van der Waals surface area contributed by atoms with Crippen LogP contribution in [-0.2, 0) is 6.18 Å². The third kappa shape index (κ3) is 4.02. The molecule has 1 saturated heterocycles. The van der Waals surface area contributed by atoms with Crippen LogP contribution < -0.4 is 10.2 Å². The summed E-state index contributed by atoms with van der Waals surface area (Å²) in [5.41, 5.74) is 0. The van der Waals surface area contributed by atoms with Crippen molar-refractivity contribution >= 4 is 16.7 Å². The van der Waals surface area contributed by atoms with E-state index < -0.39 is 12.0 Å². The summed E-state index contributed by atoms with van der Waals surface area (Å²) in [5, 5.41) is 3.56. The van der Waals surface area contributed by atoms with E-state index in [1.807, 2.05) is 0 Å². The molecule has 0 bridgehead atoms. The van der Waals surface area contributed by atoms with Crippen LogP contribution in [0.3, 0.4) is 0 Å². The van der Waals surface area contributed by atoms with Gasteiger partial charge >= 0.3 is 6.18 Å². The van der Waals surface area contributed by atoms with E-state index in [1.165, 1.54) is 0 Å². The lowest BCUT2D eigenvalue weighted by Gasteiger charge is -2.28. The Kier molecular flexibility index (Phi) is 4.58. The lowest BCUT2D eigenvalue weighted by Crippen LogP contribution is -2.46. The van der Waals surface area contributed by atoms with Gasteiger partial charge < -0.3 is 10.2 Å². The molecule has 1 N–H and O–H groups in total. The number of alkyl halides is 3. The highest BCUT2D eigenvalue weighted by molar-refractivity contribution is 7.09. The van der Waals surface area contributed by atoms with Crippen LogP contribution in [0.5, 0.6) is 0 Å². The normalized spacial score (nSPS) is 17.7. The second kappa shape index (κ2) is 6.02. The first kappa shape index (κ1) is 14.5. The first-order valence-electron chi connectivity index (χ1n) is 6.02. The fourth-order valence-electron chi connectivity index (χ4n) is 1.81. The molecule has 5 nitrogen and oxygen atoms in total. The zero-order valence-electron chi connectivity index (χ0n) is 10.6. The number of likely N-dealkylation sites (N-methyl/N-ethyl adjacent to an activating group) is 1. The van der Waals surface area contributed by atoms with Crippen molar-refractivity contribution in [3.8, 4) is 0 Å². The maximum Gasteiger partial charge on any atom is 0.452 e. The molecule has 9 heteroatoms. The smallest absolute Gasteiger partial charge is 0.349 e. The van der Waals surface area contributed by atoms with E-state index in [1.54, 1.807) is 11.9 Å². The van der Waals surface area contributed by atoms with E-state index in [-0.39, 0.29) is 0 Å². The summed E-state index contributed by atoms with van der Waals surface area (Å²) in [7, 11) is 1.74. The summed E-state index contributed by atoms with van der Waals surface area (Å²) in [6, 6.07) is 0. The van der Waals surface area contributed by atoms with Gasteiger partial charge in [-0.1, -0.05) is 0 Å². The maximum atomic E-state index is 12.4. The zero-order chi connectivity index (χ0) is 13.9. The minimum atomic E-state index is -4.46. The minimum Gasteiger partial charge on any atom is -0.349 e. The first-order chi connectivity index (χ1) is 8.97. The molecule has 2 heterocycles. The van der Waals surface area contributed by atoms with Gasteiger partial charge in [0.25, 0.3) is 0 Å². The van der Waals surface area contributed by atoms with Gasteiger partial charge in [-0.2, -0.15) is 22.5 Å². The van der Waals surface area contributed by atoms with Crippen LogP contribution in [0.15, 0.2) is 0 Å². The van der Waals surface area contributed by atoms with Crippen molar-refractivity contribution in [3.05, 3.63) is 5.82 Å². The molecule has 0 unspecified atom stereocenters. The van der Waals surface area contributed by atoms with E-state index in [4.69, 9.17) is 0 Å². The van der Waals surface area contributed by atoms with Gasteiger partial charge in [-0.3, -0.25) is 4.90 Å². The quantitative estimate of drug-likeness (QED) is 0.894. The molecular weight excluding hydrogens is 279 g/mol.